The van der Waals surface area contributed by atoms with Gasteiger partial charge in [-0.1, -0.05) is 6.58 Å². The summed E-state index contributed by atoms with van der Waals surface area (Å²) in [5.74, 6) is -0.0775. The number of benzene rings is 1. The fraction of sp³-hybridized carbons (Fsp3) is 0.381. The second-order valence-electron chi connectivity index (χ2n) is 6.31. The minimum Gasteiger partial charge on any atom is -0.496 e. The number of hydrogen-bond acceptors (Lipinski definition) is 5. The van der Waals surface area contributed by atoms with Crippen LogP contribution in [0.3, 0.4) is 0 Å². The number of carboxylic acid groups (broad SMARTS) is 1. The van der Waals surface area contributed by atoms with Crippen LogP contribution in [0.4, 0.5) is 13.2 Å². The largest absolute Gasteiger partial charge is 0.496 e. The molecule has 1 aromatic rings. The highest BCUT2D eigenvalue weighted by atomic mass is 19.4. The minimum atomic E-state index is -4.40. The number of halogens is 3. The van der Waals surface area contributed by atoms with Crippen LogP contribution in [0.1, 0.15) is 25.8 Å². The molecule has 0 aliphatic rings. The quantitative estimate of drug-likeness (QED) is 0.380. The summed E-state index contributed by atoms with van der Waals surface area (Å²) < 4.78 is 53.4. The Kier molecular flexibility index (Phi) is 9.97. The molecule has 0 aromatic heterocycles. The standard InChI is InChI=1S/C21H25F3O6/c1-4-19(30-13-20(26)27)14(2)11-15(3)29-12-17(25)9-10-28-18-7-5-16(6-8-18)21(22,23)24/h4-8,11,17,25H,1,9-10,12-13H2,2-3H3,(H,26,27)/b15-11+,19-14+. The Bertz CT molecular complexity index is 766. The molecule has 1 rings (SSSR count). The average molecular weight is 430 g/mol. The van der Waals surface area contributed by atoms with Crippen LogP contribution in [0.15, 0.2) is 60.1 Å². The first kappa shape index (κ1) is 25.1. The monoisotopic (exact) mass is 430 g/mol. The lowest BCUT2D eigenvalue weighted by Gasteiger charge is -2.14. The van der Waals surface area contributed by atoms with Crippen LogP contribution in [-0.4, -0.2) is 42.1 Å². The van der Waals surface area contributed by atoms with Gasteiger partial charge in [0.2, 0.25) is 0 Å². The van der Waals surface area contributed by atoms with E-state index in [0.717, 1.165) is 12.1 Å². The van der Waals surface area contributed by atoms with E-state index in [-0.39, 0.29) is 25.4 Å². The molecule has 0 aliphatic heterocycles. The molecule has 0 bridgehead atoms. The smallest absolute Gasteiger partial charge is 0.416 e. The van der Waals surface area contributed by atoms with Gasteiger partial charge in [0.15, 0.2) is 6.61 Å². The molecule has 0 aliphatic carbocycles. The zero-order chi connectivity index (χ0) is 22.7. The summed E-state index contributed by atoms with van der Waals surface area (Å²) in [7, 11) is 0. The minimum absolute atomic E-state index is 0.0224. The highest BCUT2D eigenvalue weighted by Gasteiger charge is 2.30. The second kappa shape index (κ2) is 11.9. The van der Waals surface area contributed by atoms with Gasteiger partial charge in [-0.3, -0.25) is 0 Å². The third kappa shape index (κ3) is 9.51. The van der Waals surface area contributed by atoms with Crippen molar-refractivity contribution < 1.29 is 42.4 Å². The van der Waals surface area contributed by atoms with Gasteiger partial charge >= 0.3 is 12.1 Å². The number of alkyl halides is 3. The van der Waals surface area contributed by atoms with Gasteiger partial charge in [0.25, 0.3) is 0 Å². The van der Waals surface area contributed by atoms with Crippen molar-refractivity contribution in [2.24, 2.45) is 0 Å². The third-order valence-corrected chi connectivity index (χ3v) is 3.75. The molecule has 166 valence electrons. The van der Waals surface area contributed by atoms with Gasteiger partial charge < -0.3 is 24.4 Å². The van der Waals surface area contributed by atoms with Crippen LogP contribution in [0.25, 0.3) is 0 Å². The van der Waals surface area contributed by atoms with Gasteiger partial charge in [-0.15, -0.1) is 0 Å². The summed E-state index contributed by atoms with van der Waals surface area (Å²) >= 11 is 0. The predicted molar refractivity (Wildman–Crippen MR) is 104 cm³/mol. The maximum absolute atomic E-state index is 12.5. The van der Waals surface area contributed by atoms with E-state index < -0.39 is 30.4 Å². The summed E-state index contributed by atoms with van der Waals surface area (Å²) in [4.78, 5) is 10.6. The summed E-state index contributed by atoms with van der Waals surface area (Å²) in [6.07, 6.45) is -2.04. The Labute approximate surface area is 172 Å². The molecule has 1 aromatic carbocycles. The summed E-state index contributed by atoms with van der Waals surface area (Å²) in [6.45, 7) is 6.50. The topological polar surface area (TPSA) is 85.2 Å². The van der Waals surface area contributed by atoms with Crippen molar-refractivity contribution in [3.63, 3.8) is 0 Å². The molecular weight excluding hydrogens is 405 g/mol. The SMILES string of the molecule is C=C/C(OCC(=O)O)=C(C)\C=C(/C)OCC(O)CCOc1ccc(C(F)(F)F)cc1. The Morgan fingerprint density at radius 2 is 1.83 bits per heavy atom. The molecular formula is C21H25F3O6. The zero-order valence-corrected chi connectivity index (χ0v) is 16.7. The van der Waals surface area contributed by atoms with E-state index in [1.54, 1.807) is 19.9 Å². The predicted octanol–water partition coefficient (Wildman–Crippen LogP) is 4.32. The van der Waals surface area contributed by atoms with Crippen LogP contribution >= 0.6 is 0 Å². The highest BCUT2D eigenvalue weighted by Crippen LogP contribution is 2.30. The van der Waals surface area contributed by atoms with E-state index in [1.165, 1.54) is 18.2 Å². The van der Waals surface area contributed by atoms with Gasteiger partial charge in [0.1, 0.15) is 18.1 Å². The van der Waals surface area contributed by atoms with E-state index in [9.17, 15) is 23.1 Å². The molecule has 6 nitrogen and oxygen atoms in total. The van der Waals surface area contributed by atoms with E-state index in [2.05, 4.69) is 6.58 Å². The van der Waals surface area contributed by atoms with Crippen molar-refractivity contribution in [1.82, 2.24) is 0 Å². The van der Waals surface area contributed by atoms with Crippen molar-refractivity contribution in [2.75, 3.05) is 19.8 Å². The van der Waals surface area contributed by atoms with Gasteiger partial charge in [0, 0.05) is 6.42 Å². The molecule has 0 saturated heterocycles. The number of carbonyl (C=O) groups is 1. The Balaban J connectivity index is 2.44. The van der Waals surface area contributed by atoms with Crippen molar-refractivity contribution in [3.8, 4) is 5.75 Å². The van der Waals surface area contributed by atoms with Crippen molar-refractivity contribution >= 4 is 5.97 Å². The van der Waals surface area contributed by atoms with Crippen molar-refractivity contribution in [1.29, 1.82) is 0 Å². The van der Waals surface area contributed by atoms with Crippen LogP contribution < -0.4 is 4.74 Å². The molecule has 30 heavy (non-hydrogen) atoms. The number of hydrogen-bond donors (Lipinski definition) is 2. The first-order valence-corrected chi connectivity index (χ1v) is 9.00. The number of allylic oxidation sites excluding steroid dienone is 4. The maximum Gasteiger partial charge on any atom is 0.416 e. The number of aliphatic hydroxyl groups is 1. The fourth-order valence-corrected chi connectivity index (χ4v) is 2.25. The van der Waals surface area contributed by atoms with Gasteiger partial charge in [-0.05, 0) is 55.8 Å². The lowest BCUT2D eigenvalue weighted by molar-refractivity contribution is -0.140. The van der Waals surface area contributed by atoms with Crippen LogP contribution in [-0.2, 0) is 20.4 Å². The molecule has 9 heteroatoms. The molecule has 1 atom stereocenters. The number of aliphatic carboxylic acids is 1. The average Bonchev–Trinajstić information content (AvgIpc) is 2.66. The van der Waals surface area contributed by atoms with E-state index >= 15 is 0 Å². The third-order valence-electron chi connectivity index (χ3n) is 3.75. The molecule has 1 unspecified atom stereocenters. The zero-order valence-electron chi connectivity index (χ0n) is 16.7. The number of aliphatic hydroxyl groups excluding tert-OH is 1. The highest BCUT2D eigenvalue weighted by molar-refractivity contribution is 5.68. The lowest BCUT2D eigenvalue weighted by Crippen LogP contribution is -2.18. The molecule has 2 N–H and O–H groups in total. The van der Waals surface area contributed by atoms with Crippen molar-refractivity contribution in [2.45, 2.75) is 32.5 Å². The summed E-state index contributed by atoms with van der Waals surface area (Å²) in [5, 5.41) is 18.6. The summed E-state index contributed by atoms with van der Waals surface area (Å²) in [6, 6.07) is 4.29. The fourth-order valence-electron chi connectivity index (χ4n) is 2.25. The van der Waals surface area contributed by atoms with Crippen LogP contribution in [0, 0.1) is 0 Å². The Hall–Kier alpha value is -2.94. The molecule has 0 saturated carbocycles. The summed E-state index contributed by atoms with van der Waals surface area (Å²) in [5.41, 5.74) is -0.160. The lowest BCUT2D eigenvalue weighted by atomic mass is 10.2. The Morgan fingerprint density at radius 3 is 2.37 bits per heavy atom. The molecule has 0 spiro atoms. The first-order chi connectivity index (χ1) is 14.0. The maximum atomic E-state index is 12.5. The molecule has 0 fully saturated rings. The number of carboxylic acids is 1. The van der Waals surface area contributed by atoms with Gasteiger partial charge in [-0.2, -0.15) is 13.2 Å². The second-order valence-corrected chi connectivity index (χ2v) is 6.31. The number of ether oxygens (including phenoxy) is 3. The Morgan fingerprint density at radius 1 is 1.20 bits per heavy atom. The number of rotatable bonds is 12. The van der Waals surface area contributed by atoms with E-state index in [0.29, 0.717) is 17.1 Å². The normalized spacial score (nSPS) is 13.9. The molecule has 0 radical (unpaired) electrons. The van der Waals surface area contributed by atoms with Gasteiger partial charge in [-0.25, -0.2) is 4.79 Å². The van der Waals surface area contributed by atoms with Crippen LogP contribution in [0.5, 0.6) is 5.75 Å². The van der Waals surface area contributed by atoms with Gasteiger partial charge in [0.05, 0.1) is 24.0 Å². The first-order valence-electron chi connectivity index (χ1n) is 9.00. The van der Waals surface area contributed by atoms with E-state index in [1.807, 2.05) is 0 Å². The van der Waals surface area contributed by atoms with Crippen LogP contribution in [0.2, 0.25) is 0 Å². The van der Waals surface area contributed by atoms with E-state index in [4.69, 9.17) is 19.3 Å². The van der Waals surface area contributed by atoms with Crippen molar-refractivity contribution in [3.05, 3.63) is 65.7 Å². The molecule has 0 amide bonds. The molecule has 0 heterocycles.